The zero-order chi connectivity index (χ0) is 13.9. The Hall–Kier alpha value is -2.89. The number of amidine groups is 1. The average Bonchev–Trinajstić information content (AvgIpc) is 2.90. The van der Waals surface area contributed by atoms with Gasteiger partial charge in [-0.1, -0.05) is 23.4 Å². The third kappa shape index (κ3) is 2.18. The van der Waals surface area contributed by atoms with E-state index in [1.54, 1.807) is 12.3 Å². The number of para-hydroxylation sites is 1. The fraction of sp³-hybridized carbons (Fsp3) is 0.0714. The molecule has 0 aliphatic carbocycles. The highest BCUT2D eigenvalue weighted by Gasteiger charge is 2.05. The van der Waals surface area contributed by atoms with Gasteiger partial charge in [0.05, 0.1) is 18.3 Å². The van der Waals surface area contributed by atoms with Crippen LogP contribution in [-0.2, 0) is 6.54 Å². The standard InChI is InChI=1S/C14H13N5O/c15-14(18-20)12-7-10(5-6-16-12)9-19-13-4-2-1-3-11(13)8-17-19/h1-8,20H,9H2,(H2,15,18). The summed E-state index contributed by atoms with van der Waals surface area (Å²) in [6, 6.07) is 11.7. The fourth-order valence-electron chi connectivity index (χ4n) is 2.09. The van der Waals surface area contributed by atoms with Gasteiger partial charge in [-0.15, -0.1) is 0 Å². The smallest absolute Gasteiger partial charge is 0.188 e. The van der Waals surface area contributed by atoms with Gasteiger partial charge in [0, 0.05) is 11.6 Å². The first kappa shape index (κ1) is 12.2. The highest BCUT2D eigenvalue weighted by Crippen LogP contribution is 2.14. The second-order valence-corrected chi connectivity index (χ2v) is 4.40. The first-order chi connectivity index (χ1) is 9.78. The number of nitrogens with two attached hydrogens (primary N) is 1. The Kier molecular flexibility index (Phi) is 3.04. The summed E-state index contributed by atoms with van der Waals surface area (Å²) in [5.74, 6) is -0.00262. The summed E-state index contributed by atoms with van der Waals surface area (Å²) >= 11 is 0. The molecule has 3 aromatic rings. The van der Waals surface area contributed by atoms with E-state index >= 15 is 0 Å². The number of rotatable bonds is 3. The Labute approximate surface area is 115 Å². The van der Waals surface area contributed by atoms with E-state index in [1.165, 1.54) is 0 Å². The average molecular weight is 267 g/mol. The van der Waals surface area contributed by atoms with Crippen molar-refractivity contribution in [1.82, 2.24) is 14.8 Å². The lowest BCUT2D eigenvalue weighted by atomic mass is 10.2. The lowest BCUT2D eigenvalue weighted by Crippen LogP contribution is -2.15. The van der Waals surface area contributed by atoms with Crippen molar-refractivity contribution in [1.29, 1.82) is 0 Å². The molecule has 6 heteroatoms. The molecule has 0 fully saturated rings. The third-order valence-electron chi connectivity index (χ3n) is 3.08. The molecule has 0 spiro atoms. The van der Waals surface area contributed by atoms with Gasteiger partial charge in [-0.05, 0) is 23.8 Å². The number of oxime groups is 1. The van der Waals surface area contributed by atoms with Crippen LogP contribution >= 0.6 is 0 Å². The topological polar surface area (TPSA) is 89.3 Å². The number of benzene rings is 1. The predicted molar refractivity (Wildman–Crippen MR) is 75.6 cm³/mol. The molecule has 0 aliphatic heterocycles. The van der Waals surface area contributed by atoms with E-state index in [0.717, 1.165) is 16.5 Å². The molecule has 3 rings (SSSR count). The van der Waals surface area contributed by atoms with E-state index in [1.807, 2.05) is 41.2 Å². The van der Waals surface area contributed by atoms with Crippen LogP contribution in [0.2, 0.25) is 0 Å². The Morgan fingerprint density at radius 1 is 1.30 bits per heavy atom. The van der Waals surface area contributed by atoms with E-state index in [-0.39, 0.29) is 5.84 Å². The van der Waals surface area contributed by atoms with Crippen LogP contribution in [0.4, 0.5) is 0 Å². The van der Waals surface area contributed by atoms with Gasteiger partial charge in [-0.2, -0.15) is 5.10 Å². The van der Waals surface area contributed by atoms with Gasteiger partial charge in [0.2, 0.25) is 0 Å². The van der Waals surface area contributed by atoms with Crippen molar-refractivity contribution in [2.75, 3.05) is 0 Å². The van der Waals surface area contributed by atoms with E-state index in [0.29, 0.717) is 12.2 Å². The van der Waals surface area contributed by atoms with Gasteiger partial charge in [0.15, 0.2) is 5.84 Å². The molecule has 20 heavy (non-hydrogen) atoms. The molecule has 2 heterocycles. The van der Waals surface area contributed by atoms with Crippen LogP contribution in [0.5, 0.6) is 0 Å². The lowest BCUT2D eigenvalue weighted by molar-refractivity contribution is 0.318. The molecule has 0 aliphatic rings. The van der Waals surface area contributed by atoms with Crippen molar-refractivity contribution < 1.29 is 5.21 Å². The highest BCUT2D eigenvalue weighted by molar-refractivity contribution is 5.95. The molecular formula is C14H13N5O. The molecule has 100 valence electrons. The molecule has 1 aromatic carbocycles. The molecule has 0 radical (unpaired) electrons. The normalized spacial score (nSPS) is 11.9. The Morgan fingerprint density at radius 2 is 2.15 bits per heavy atom. The van der Waals surface area contributed by atoms with E-state index in [2.05, 4.69) is 15.2 Å². The summed E-state index contributed by atoms with van der Waals surface area (Å²) in [4.78, 5) is 4.06. The highest BCUT2D eigenvalue weighted by atomic mass is 16.4. The number of hydrogen-bond acceptors (Lipinski definition) is 4. The number of hydrogen-bond donors (Lipinski definition) is 2. The van der Waals surface area contributed by atoms with E-state index in [9.17, 15) is 0 Å². The molecule has 0 amide bonds. The molecule has 0 saturated carbocycles. The van der Waals surface area contributed by atoms with Crippen LogP contribution in [0.3, 0.4) is 0 Å². The minimum Gasteiger partial charge on any atom is -0.409 e. The minimum atomic E-state index is -0.00262. The quantitative estimate of drug-likeness (QED) is 0.326. The maximum Gasteiger partial charge on any atom is 0.188 e. The summed E-state index contributed by atoms with van der Waals surface area (Å²) in [6.45, 7) is 0.599. The minimum absolute atomic E-state index is 0.00262. The van der Waals surface area contributed by atoms with Crippen LogP contribution in [0.15, 0.2) is 53.9 Å². The van der Waals surface area contributed by atoms with E-state index < -0.39 is 0 Å². The zero-order valence-corrected chi connectivity index (χ0v) is 10.6. The molecule has 0 saturated heterocycles. The van der Waals surface area contributed by atoms with Crippen molar-refractivity contribution in [3.05, 3.63) is 60.0 Å². The summed E-state index contributed by atoms with van der Waals surface area (Å²) < 4.78 is 1.90. The Morgan fingerprint density at radius 3 is 3.00 bits per heavy atom. The number of aromatic nitrogens is 3. The van der Waals surface area contributed by atoms with Gasteiger partial charge in [0.1, 0.15) is 5.69 Å². The maximum absolute atomic E-state index is 8.68. The van der Waals surface area contributed by atoms with Crippen LogP contribution < -0.4 is 5.73 Å². The summed E-state index contributed by atoms with van der Waals surface area (Å²) in [5, 5.41) is 17.1. The van der Waals surface area contributed by atoms with Gasteiger partial charge in [-0.3, -0.25) is 9.67 Å². The van der Waals surface area contributed by atoms with Crippen molar-refractivity contribution in [2.45, 2.75) is 6.54 Å². The fourth-order valence-corrected chi connectivity index (χ4v) is 2.09. The van der Waals surface area contributed by atoms with Crippen LogP contribution in [0.1, 0.15) is 11.3 Å². The van der Waals surface area contributed by atoms with Gasteiger partial charge >= 0.3 is 0 Å². The molecule has 6 nitrogen and oxygen atoms in total. The molecule has 0 atom stereocenters. The van der Waals surface area contributed by atoms with Crippen LogP contribution in [0, 0.1) is 0 Å². The first-order valence-corrected chi connectivity index (χ1v) is 6.11. The van der Waals surface area contributed by atoms with Crippen molar-refractivity contribution in [3.8, 4) is 0 Å². The summed E-state index contributed by atoms with van der Waals surface area (Å²) in [6.07, 6.45) is 3.47. The summed E-state index contributed by atoms with van der Waals surface area (Å²) in [7, 11) is 0. The second kappa shape index (κ2) is 5.00. The number of nitrogens with zero attached hydrogens (tertiary/aromatic N) is 4. The van der Waals surface area contributed by atoms with Crippen LogP contribution in [0.25, 0.3) is 10.9 Å². The van der Waals surface area contributed by atoms with E-state index in [4.69, 9.17) is 10.9 Å². The lowest BCUT2D eigenvalue weighted by Gasteiger charge is -2.05. The molecule has 0 bridgehead atoms. The largest absolute Gasteiger partial charge is 0.409 e. The van der Waals surface area contributed by atoms with Gasteiger partial charge in [0.25, 0.3) is 0 Å². The molecule has 2 aromatic heterocycles. The molecular weight excluding hydrogens is 254 g/mol. The molecule has 3 N–H and O–H groups in total. The Balaban J connectivity index is 1.95. The zero-order valence-electron chi connectivity index (χ0n) is 10.6. The second-order valence-electron chi connectivity index (χ2n) is 4.40. The maximum atomic E-state index is 8.68. The predicted octanol–water partition coefficient (Wildman–Crippen LogP) is 1.57. The van der Waals surface area contributed by atoms with Crippen molar-refractivity contribution >= 4 is 16.7 Å². The molecule has 0 unspecified atom stereocenters. The summed E-state index contributed by atoms with van der Waals surface area (Å²) in [5.41, 5.74) is 8.03. The van der Waals surface area contributed by atoms with Gasteiger partial charge < -0.3 is 10.9 Å². The Bertz CT molecular complexity index is 778. The monoisotopic (exact) mass is 267 g/mol. The first-order valence-electron chi connectivity index (χ1n) is 6.11. The number of pyridine rings is 1. The van der Waals surface area contributed by atoms with Crippen molar-refractivity contribution in [3.63, 3.8) is 0 Å². The van der Waals surface area contributed by atoms with Gasteiger partial charge in [-0.25, -0.2) is 0 Å². The van der Waals surface area contributed by atoms with Crippen LogP contribution in [-0.4, -0.2) is 25.8 Å². The van der Waals surface area contributed by atoms with Crippen molar-refractivity contribution in [2.24, 2.45) is 10.9 Å². The SMILES string of the molecule is NC(=NO)c1cc(Cn2ncc3ccccc32)ccn1. The number of fused-ring (bicyclic) bond motifs is 1. The third-order valence-corrected chi connectivity index (χ3v) is 3.08.